The molecule has 1 atom stereocenters. The molecule has 2 aromatic rings. The van der Waals surface area contributed by atoms with Crippen LogP contribution < -0.4 is 14.8 Å². The minimum Gasteiger partial charge on any atom is -0.493 e. The van der Waals surface area contributed by atoms with Crippen LogP contribution in [0.2, 0.25) is 0 Å². The Balaban J connectivity index is 1.52. The normalized spacial score (nSPS) is 19.1. The molecule has 1 aliphatic carbocycles. The lowest BCUT2D eigenvalue weighted by molar-refractivity contribution is -0.119. The van der Waals surface area contributed by atoms with Crippen molar-refractivity contribution in [1.29, 1.82) is 0 Å². The molecule has 0 unspecified atom stereocenters. The molecule has 1 N–H and O–H groups in total. The summed E-state index contributed by atoms with van der Waals surface area (Å²) in [5, 5.41) is 12.8. The number of benzene rings is 1. The van der Waals surface area contributed by atoms with Crippen molar-refractivity contribution < 1.29 is 19.0 Å². The van der Waals surface area contributed by atoms with Crippen LogP contribution in [-0.2, 0) is 9.53 Å². The molecule has 32 heavy (non-hydrogen) atoms. The summed E-state index contributed by atoms with van der Waals surface area (Å²) in [6.45, 7) is 1.37. The number of hydrogen-bond donors (Lipinski definition) is 1. The number of methoxy groups -OCH3 is 2. The Morgan fingerprint density at radius 3 is 2.66 bits per heavy atom. The Kier molecular flexibility index (Phi) is 7.91. The lowest BCUT2D eigenvalue weighted by atomic mass is 9.95. The molecule has 2 fully saturated rings. The number of carbonyl (C=O) groups is 1. The van der Waals surface area contributed by atoms with Crippen LogP contribution in [-0.4, -0.2) is 59.9 Å². The monoisotopic (exact) mass is 460 g/mol. The maximum atomic E-state index is 12.4. The van der Waals surface area contributed by atoms with Gasteiger partial charge in [-0.05, 0) is 43.9 Å². The van der Waals surface area contributed by atoms with E-state index in [2.05, 4.69) is 20.1 Å². The second-order valence-corrected chi connectivity index (χ2v) is 9.21. The molecule has 0 spiro atoms. The van der Waals surface area contributed by atoms with Crippen LogP contribution in [0.15, 0.2) is 23.4 Å². The summed E-state index contributed by atoms with van der Waals surface area (Å²) in [5.74, 6) is 2.45. The van der Waals surface area contributed by atoms with Gasteiger partial charge in [0, 0.05) is 24.8 Å². The maximum absolute atomic E-state index is 12.4. The van der Waals surface area contributed by atoms with Crippen molar-refractivity contribution in [3.05, 3.63) is 18.2 Å². The van der Waals surface area contributed by atoms with E-state index in [-0.39, 0.29) is 12.0 Å². The van der Waals surface area contributed by atoms with Crippen LogP contribution >= 0.6 is 11.8 Å². The quantitative estimate of drug-likeness (QED) is 0.569. The lowest BCUT2D eigenvalue weighted by Crippen LogP contribution is -2.33. The largest absolute Gasteiger partial charge is 0.493 e. The van der Waals surface area contributed by atoms with E-state index in [4.69, 9.17) is 14.2 Å². The number of ether oxygens (including phenoxy) is 3. The summed E-state index contributed by atoms with van der Waals surface area (Å²) >= 11 is 1.44. The van der Waals surface area contributed by atoms with Gasteiger partial charge in [-0.25, -0.2) is 0 Å². The summed E-state index contributed by atoms with van der Waals surface area (Å²) < 4.78 is 18.7. The van der Waals surface area contributed by atoms with Gasteiger partial charge in [0.2, 0.25) is 5.91 Å². The summed E-state index contributed by atoms with van der Waals surface area (Å²) in [4.78, 5) is 12.4. The summed E-state index contributed by atoms with van der Waals surface area (Å²) in [5.41, 5.74) is 0.926. The lowest BCUT2D eigenvalue weighted by Gasteiger charge is -2.25. The van der Waals surface area contributed by atoms with Crippen LogP contribution in [0.25, 0.3) is 11.4 Å². The standard InChI is InChI=1S/C23H32N4O4S/c1-29-19-11-10-16(13-20(19)30-2)22-25-26-23(27(22)17-7-4-3-5-8-17)32-15-21(28)24-14-18-9-6-12-31-18/h10-11,13,17-18H,3-9,12,14-15H2,1-2H3,(H,24,28)/t18-/m1/s1. The zero-order valence-electron chi connectivity index (χ0n) is 18.8. The number of thioether (sulfide) groups is 1. The third-order valence-corrected chi connectivity index (χ3v) is 7.07. The Hall–Kier alpha value is -2.26. The van der Waals surface area contributed by atoms with Gasteiger partial charge in [-0.3, -0.25) is 9.36 Å². The van der Waals surface area contributed by atoms with Crippen molar-refractivity contribution in [3.63, 3.8) is 0 Å². The van der Waals surface area contributed by atoms with E-state index in [0.717, 1.165) is 48.8 Å². The minimum absolute atomic E-state index is 0.00337. The fourth-order valence-electron chi connectivity index (χ4n) is 4.43. The molecule has 9 heteroatoms. The van der Waals surface area contributed by atoms with Crippen LogP contribution in [0.5, 0.6) is 11.5 Å². The molecule has 1 aliphatic heterocycles. The van der Waals surface area contributed by atoms with E-state index < -0.39 is 0 Å². The number of aromatic nitrogens is 3. The van der Waals surface area contributed by atoms with Crippen LogP contribution in [0, 0.1) is 0 Å². The van der Waals surface area contributed by atoms with Gasteiger partial charge in [0.1, 0.15) is 0 Å². The van der Waals surface area contributed by atoms with Crippen molar-refractivity contribution in [3.8, 4) is 22.9 Å². The Labute approximate surface area is 193 Å². The number of amides is 1. The molecular weight excluding hydrogens is 428 g/mol. The fourth-order valence-corrected chi connectivity index (χ4v) is 5.27. The van der Waals surface area contributed by atoms with Crippen molar-refractivity contribution in [1.82, 2.24) is 20.1 Å². The van der Waals surface area contributed by atoms with Crippen LogP contribution in [0.1, 0.15) is 51.0 Å². The van der Waals surface area contributed by atoms with Gasteiger partial charge in [0.05, 0.1) is 26.1 Å². The maximum Gasteiger partial charge on any atom is 0.230 e. The second kappa shape index (κ2) is 11.0. The Morgan fingerprint density at radius 2 is 1.94 bits per heavy atom. The number of nitrogens with zero attached hydrogens (tertiary/aromatic N) is 3. The molecule has 1 saturated heterocycles. The molecule has 0 bridgehead atoms. The first kappa shape index (κ1) is 22.9. The van der Waals surface area contributed by atoms with E-state index >= 15 is 0 Å². The number of hydrogen-bond acceptors (Lipinski definition) is 7. The van der Waals surface area contributed by atoms with Gasteiger partial charge in [-0.15, -0.1) is 10.2 Å². The van der Waals surface area contributed by atoms with Crippen molar-refractivity contribution in [2.75, 3.05) is 33.1 Å². The first-order valence-corrected chi connectivity index (χ1v) is 12.4. The van der Waals surface area contributed by atoms with Gasteiger partial charge in [-0.2, -0.15) is 0 Å². The number of rotatable bonds is 9. The van der Waals surface area contributed by atoms with Crippen LogP contribution in [0.4, 0.5) is 0 Å². The molecule has 2 heterocycles. The molecule has 1 aromatic heterocycles. The van der Waals surface area contributed by atoms with E-state index in [1.165, 1.54) is 31.0 Å². The van der Waals surface area contributed by atoms with Crippen molar-refractivity contribution in [2.45, 2.75) is 62.2 Å². The average molecular weight is 461 g/mol. The molecule has 4 rings (SSSR count). The second-order valence-electron chi connectivity index (χ2n) is 8.27. The number of nitrogens with one attached hydrogen (secondary N) is 1. The van der Waals surface area contributed by atoms with Gasteiger partial charge in [0.15, 0.2) is 22.5 Å². The Morgan fingerprint density at radius 1 is 1.12 bits per heavy atom. The van der Waals surface area contributed by atoms with Crippen molar-refractivity contribution in [2.24, 2.45) is 0 Å². The fraction of sp³-hybridized carbons (Fsp3) is 0.609. The van der Waals surface area contributed by atoms with Gasteiger partial charge in [0.25, 0.3) is 0 Å². The molecular formula is C23H32N4O4S. The predicted molar refractivity (Wildman–Crippen MR) is 123 cm³/mol. The Bertz CT molecular complexity index is 907. The predicted octanol–water partition coefficient (Wildman–Crippen LogP) is 3.85. The third-order valence-electron chi connectivity index (χ3n) is 6.13. The highest BCUT2D eigenvalue weighted by Crippen LogP contribution is 2.38. The highest BCUT2D eigenvalue weighted by molar-refractivity contribution is 7.99. The average Bonchev–Trinajstić information content (AvgIpc) is 3.51. The zero-order valence-corrected chi connectivity index (χ0v) is 19.7. The first-order chi connectivity index (χ1) is 15.7. The topological polar surface area (TPSA) is 87.5 Å². The third kappa shape index (κ3) is 5.38. The van der Waals surface area contributed by atoms with Crippen LogP contribution in [0.3, 0.4) is 0 Å². The molecule has 1 aromatic carbocycles. The molecule has 1 amide bonds. The smallest absolute Gasteiger partial charge is 0.230 e. The van der Waals surface area contributed by atoms with E-state index in [0.29, 0.717) is 29.8 Å². The molecule has 1 saturated carbocycles. The summed E-state index contributed by atoms with van der Waals surface area (Å²) in [7, 11) is 3.25. The van der Waals surface area contributed by atoms with Crippen molar-refractivity contribution >= 4 is 17.7 Å². The highest BCUT2D eigenvalue weighted by Gasteiger charge is 2.25. The van der Waals surface area contributed by atoms with E-state index in [9.17, 15) is 4.79 Å². The highest BCUT2D eigenvalue weighted by atomic mass is 32.2. The number of carbonyl (C=O) groups excluding carboxylic acids is 1. The molecule has 2 aliphatic rings. The van der Waals surface area contributed by atoms with E-state index in [1.807, 2.05) is 18.2 Å². The summed E-state index contributed by atoms with van der Waals surface area (Å²) in [6.07, 6.45) is 8.07. The van der Waals surface area contributed by atoms with Gasteiger partial charge >= 0.3 is 0 Å². The molecule has 174 valence electrons. The molecule has 8 nitrogen and oxygen atoms in total. The summed E-state index contributed by atoms with van der Waals surface area (Å²) in [6, 6.07) is 6.14. The SMILES string of the molecule is COc1ccc(-c2nnc(SCC(=O)NC[C@H]3CCCO3)n2C2CCCCC2)cc1OC. The first-order valence-electron chi connectivity index (χ1n) is 11.4. The molecule has 0 radical (unpaired) electrons. The van der Waals surface area contributed by atoms with Gasteiger partial charge in [-0.1, -0.05) is 31.0 Å². The van der Waals surface area contributed by atoms with E-state index in [1.54, 1.807) is 14.2 Å². The minimum atomic E-state index is -0.00337. The zero-order chi connectivity index (χ0) is 22.3. The van der Waals surface area contributed by atoms with Gasteiger partial charge < -0.3 is 19.5 Å².